The number of aromatic nitrogens is 2. The van der Waals surface area contributed by atoms with E-state index in [1.54, 1.807) is 11.6 Å². The highest BCUT2D eigenvalue weighted by Gasteiger charge is 2.14. The van der Waals surface area contributed by atoms with Crippen molar-refractivity contribution in [2.24, 2.45) is 0 Å². The molecule has 0 saturated carbocycles. The number of fused-ring (bicyclic) bond motifs is 1. The number of hydrogen-bond donors (Lipinski definition) is 1. The fraction of sp³-hybridized carbons (Fsp3) is 0.333. The van der Waals surface area contributed by atoms with Gasteiger partial charge in [-0.05, 0) is 30.5 Å². The molecule has 0 saturated heterocycles. The summed E-state index contributed by atoms with van der Waals surface area (Å²) in [7, 11) is 0. The molecule has 0 unspecified atom stereocenters. The predicted molar refractivity (Wildman–Crippen MR) is 73.3 cm³/mol. The predicted octanol–water partition coefficient (Wildman–Crippen LogP) is 2.07. The van der Waals surface area contributed by atoms with Gasteiger partial charge in [-0.3, -0.25) is 4.68 Å². The van der Waals surface area contributed by atoms with E-state index in [1.807, 2.05) is 6.07 Å². The minimum Gasteiger partial charge on any atom is -0.493 e. The molecule has 2 heterocycles. The van der Waals surface area contributed by atoms with E-state index in [2.05, 4.69) is 17.2 Å². The summed E-state index contributed by atoms with van der Waals surface area (Å²) in [4.78, 5) is 11.0. The molecule has 0 atom stereocenters. The smallest absolute Gasteiger partial charge is 0.339 e. The molecule has 2 aromatic rings. The van der Waals surface area contributed by atoms with Gasteiger partial charge < -0.3 is 9.84 Å². The summed E-state index contributed by atoms with van der Waals surface area (Å²) in [6, 6.07) is 6.23. The maximum absolute atomic E-state index is 11.0. The number of hydrogen-bond acceptors (Lipinski definition) is 3. The summed E-state index contributed by atoms with van der Waals surface area (Å²) in [6.45, 7) is 3.23. The van der Waals surface area contributed by atoms with Gasteiger partial charge in [0.25, 0.3) is 0 Å². The molecule has 0 aliphatic carbocycles. The third-order valence-electron chi connectivity index (χ3n) is 3.70. The van der Waals surface area contributed by atoms with E-state index in [0.717, 1.165) is 25.2 Å². The molecule has 5 nitrogen and oxygen atoms in total. The van der Waals surface area contributed by atoms with E-state index in [0.29, 0.717) is 12.2 Å². The van der Waals surface area contributed by atoms with Crippen molar-refractivity contribution in [3.05, 3.63) is 46.8 Å². The third kappa shape index (κ3) is 2.27. The van der Waals surface area contributed by atoms with Gasteiger partial charge in [0.1, 0.15) is 11.3 Å². The van der Waals surface area contributed by atoms with Crippen molar-refractivity contribution in [2.75, 3.05) is 6.61 Å². The van der Waals surface area contributed by atoms with Crippen LogP contribution in [0, 0.1) is 6.92 Å². The summed E-state index contributed by atoms with van der Waals surface area (Å²) >= 11 is 0. The average Bonchev–Trinajstić information content (AvgIpc) is 3.02. The number of benzene rings is 1. The van der Waals surface area contributed by atoms with E-state index < -0.39 is 5.97 Å². The van der Waals surface area contributed by atoms with Crippen LogP contribution in [-0.4, -0.2) is 27.5 Å². The Bertz CT molecular complexity index is 661. The SMILES string of the molecule is Cc1c(C(=O)O)cnn1CCc1ccc2c(c1)CCO2. The Balaban J connectivity index is 1.72. The van der Waals surface area contributed by atoms with Crippen molar-refractivity contribution >= 4 is 5.97 Å². The fourth-order valence-corrected chi connectivity index (χ4v) is 2.51. The van der Waals surface area contributed by atoms with Gasteiger partial charge in [-0.2, -0.15) is 5.10 Å². The van der Waals surface area contributed by atoms with Crippen LogP contribution >= 0.6 is 0 Å². The molecule has 20 heavy (non-hydrogen) atoms. The van der Waals surface area contributed by atoms with Crippen LogP contribution in [0.25, 0.3) is 0 Å². The van der Waals surface area contributed by atoms with Crippen LogP contribution in [0.1, 0.15) is 27.2 Å². The first-order chi connectivity index (χ1) is 9.65. The quantitative estimate of drug-likeness (QED) is 0.925. The van der Waals surface area contributed by atoms with E-state index in [1.165, 1.54) is 17.3 Å². The van der Waals surface area contributed by atoms with E-state index in [4.69, 9.17) is 9.84 Å². The van der Waals surface area contributed by atoms with E-state index >= 15 is 0 Å². The molecule has 0 spiro atoms. The first-order valence-corrected chi connectivity index (χ1v) is 6.65. The van der Waals surface area contributed by atoms with Gasteiger partial charge in [0.15, 0.2) is 0 Å². The number of nitrogens with zero attached hydrogens (tertiary/aromatic N) is 2. The molecule has 5 heteroatoms. The Kier molecular flexibility index (Phi) is 3.18. The molecule has 0 fully saturated rings. The molecule has 1 N–H and O–H groups in total. The summed E-state index contributed by atoms with van der Waals surface area (Å²) in [5.74, 6) is 0.0561. The summed E-state index contributed by atoms with van der Waals surface area (Å²) < 4.78 is 7.23. The molecule has 3 rings (SSSR count). The number of carbonyl (C=O) groups is 1. The molecular weight excluding hydrogens is 256 g/mol. The fourth-order valence-electron chi connectivity index (χ4n) is 2.51. The van der Waals surface area contributed by atoms with Crippen molar-refractivity contribution in [1.82, 2.24) is 9.78 Å². The normalized spacial score (nSPS) is 13.1. The van der Waals surface area contributed by atoms with Gasteiger partial charge >= 0.3 is 5.97 Å². The van der Waals surface area contributed by atoms with Gasteiger partial charge in [0.05, 0.1) is 12.8 Å². The molecule has 1 aromatic carbocycles. The van der Waals surface area contributed by atoms with Gasteiger partial charge in [-0.1, -0.05) is 12.1 Å². The highest BCUT2D eigenvalue weighted by molar-refractivity contribution is 5.88. The van der Waals surface area contributed by atoms with Crippen LogP contribution in [-0.2, 0) is 19.4 Å². The first-order valence-electron chi connectivity index (χ1n) is 6.65. The Labute approximate surface area is 116 Å². The topological polar surface area (TPSA) is 64.3 Å². The number of ether oxygens (including phenoxy) is 1. The van der Waals surface area contributed by atoms with Gasteiger partial charge in [-0.25, -0.2) is 4.79 Å². The van der Waals surface area contributed by atoms with Gasteiger partial charge in [-0.15, -0.1) is 0 Å². The molecule has 1 aliphatic rings. The summed E-state index contributed by atoms with van der Waals surface area (Å²) in [5, 5.41) is 13.1. The summed E-state index contributed by atoms with van der Waals surface area (Å²) in [5.41, 5.74) is 3.45. The van der Waals surface area contributed by atoms with Crippen molar-refractivity contribution < 1.29 is 14.6 Å². The lowest BCUT2D eigenvalue weighted by molar-refractivity contribution is 0.0696. The van der Waals surface area contributed by atoms with E-state index in [9.17, 15) is 4.79 Å². The van der Waals surface area contributed by atoms with Crippen molar-refractivity contribution in [3.8, 4) is 5.75 Å². The molecule has 1 aliphatic heterocycles. The largest absolute Gasteiger partial charge is 0.493 e. The molecule has 1 aromatic heterocycles. The number of carboxylic acid groups (broad SMARTS) is 1. The second kappa shape index (κ2) is 5.00. The lowest BCUT2D eigenvalue weighted by Crippen LogP contribution is -2.07. The van der Waals surface area contributed by atoms with Crippen LogP contribution in [0.4, 0.5) is 0 Å². The molecule has 0 radical (unpaired) electrons. The van der Waals surface area contributed by atoms with Crippen LogP contribution < -0.4 is 4.74 Å². The van der Waals surface area contributed by atoms with E-state index in [-0.39, 0.29) is 5.56 Å². The highest BCUT2D eigenvalue weighted by atomic mass is 16.5. The zero-order valence-corrected chi connectivity index (χ0v) is 11.3. The van der Waals surface area contributed by atoms with Crippen LogP contribution in [0.15, 0.2) is 24.4 Å². The second-order valence-corrected chi connectivity index (χ2v) is 4.96. The Hall–Kier alpha value is -2.30. The second-order valence-electron chi connectivity index (χ2n) is 4.96. The zero-order valence-electron chi connectivity index (χ0n) is 11.3. The maximum Gasteiger partial charge on any atom is 0.339 e. The zero-order chi connectivity index (χ0) is 14.1. The van der Waals surface area contributed by atoms with Crippen LogP contribution in [0.2, 0.25) is 0 Å². The Morgan fingerprint density at radius 3 is 3.10 bits per heavy atom. The third-order valence-corrected chi connectivity index (χ3v) is 3.70. The summed E-state index contributed by atoms with van der Waals surface area (Å²) in [6.07, 6.45) is 3.20. The van der Waals surface area contributed by atoms with Crippen molar-refractivity contribution in [2.45, 2.75) is 26.3 Å². The molecule has 104 valence electrons. The maximum atomic E-state index is 11.0. The minimum atomic E-state index is -0.927. The van der Waals surface area contributed by atoms with Crippen molar-refractivity contribution in [3.63, 3.8) is 0 Å². The standard InChI is InChI=1S/C15H16N2O3/c1-10-13(15(18)19)9-16-17(10)6-4-11-2-3-14-12(8-11)5-7-20-14/h2-3,8-9H,4-7H2,1H3,(H,18,19). The first kappa shape index (κ1) is 12.7. The molecular formula is C15H16N2O3. The van der Waals surface area contributed by atoms with Crippen LogP contribution in [0.3, 0.4) is 0 Å². The minimum absolute atomic E-state index is 0.271. The monoisotopic (exact) mass is 272 g/mol. The van der Waals surface area contributed by atoms with Gasteiger partial charge in [0.2, 0.25) is 0 Å². The number of carboxylic acids is 1. The highest BCUT2D eigenvalue weighted by Crippen LogP contribution is 2.26. The molecule has 0 amide bonds. The number of aromatic carboxylic acids is 1. The average molecular weight is 272 g/mol. The molecule has 0 bridgehead atoms. The lowest BCUT2D eigenvalue weighted by Gasteiger charge is -2.06. The van der Waals surface area contributed by atoms with Gasteiger partial charge in [0, 0.05) is 18.7 Å². The lowest BCUT2D eigenvalue weighted by atomic mass is 10.1. The Morgan fingerprint density at radius 1 is 1.50 bits per heavy atom. The van der Waals surface area contributed by atoms with Crippen LogP contribution in [0.5, 0.6) is 5.75 Å². The number of aryl methyl sites for hydroxylation is 2. The van der Waals surface area contributed by atoms with Crippen molar-refractivity contribution in [1.29, 1.82) is 0 Å². The number of rotatable bonds is 4. The Morgan fingerprint density at radius 2 is 2.35 bits per heavy atom.